The minimum atomic E-state index is -3.43. The Morgan fingerprint density at radius 2 is 2.11 bits per heavy atom. The van der Waals surface area contributed by atoms with E-state index in [1.807, 2.05) is 30.3 Å². The molecule has 1 aromatic heterocycles. The summed E-state index contributed by atoms with van der Waals surface area (Å²) in [4.78, 5) is 4.21. The van der Waals surface area contributed by atoms with Crippen molar-refractivity contribution in [3.05, 3.63) is 36.5 Å². The van der Waals surface area contributed by atoms with Crippen LogP contribution in [0.15, 0.2) is 36.5 Å². The molecule has 0 radical (unpaired) electrons. The van der Waals surface area contributed by atoms with Gasteiger partial charge in [-0.05, 0) is 24.6 Å². The zero-order valence-corrected chi connectivity index (χ0v) is 11.1. The topological polar surface area (TPSA) is 56.3 Å². The second kappa shape index (κ2) is 5.54. The van der Waals surface area contributed by atoms with Crippen LogP contribution in [0.25, 0.3) is 10.9 Å². The number of nitrogens with zero attached hydrogens (tertiary/aromatic N) is 1. The Labute approximate surface area is 110 Å². The normalized spacial score (nSPS) is 11.6. The minimum Gasteiger partial charge on any atom is -0.493 e. The van der Waals surface area contributed by atoms with Crippen molar-refractivity contribution in [2.45, 2.75) is 6.42 Å². The summed E-state index contributed by atoms with van der Waals surface area (Å²) in [6.45, 7) is 0.310. The van der Waals surface area contributed by atoms with Gasteiger partial charge in [0.1, 0.15) is 5.75 Å². The van der Waals surface area contributed by atoms with Crippen molar-refractivity contribution in [3.8, 4) is 5.75 Å². The molecule has 0 aliphatic heterocycles. The highest BCUT2D eigenvalue weighted by Gasteiger charge is 2.04. The van der Waals surface area contributed by atoms with Gasteiger partial charge in [0, 0.05) is 28.3 Å². The maximum atomic E-state index is 10.7. The fourth-order valence-electron chi connectivity index (χ4n) is 1.56. The van der Waals surface area contributed by atoms with Crippen molar-refractivity contribution in [2.75, 3.05) is 12.4 Å². The van der Waals surface area contributed by atoms with Gasteiger partial charge < -0.3 is 4.74 Å². The maximum absolute atomic E-state index is 10.7. The molecular weight excluding hydrogens is 274 g/mol. The molecule has 0 saturated heterocycles. The lowest BCUT2D eigenvalue weighted by molar-refractivity contribution is 0.318. The molecule has 1 aromatic carbocycles. The molecule has 0 spiro atoms. The molecule has 0 atom stereocenters. The molecule has 2 aromatic rings. The van der Waals surface area contributed by atoms with Crippen LogP contribution < -0.4 is 4.74 Å². The zero-order chi connectivity index (χ0) is 13.0. The number of ether oxygens (including phenoxy) is 1. The largest absolute Gasteiger partial charge is 0.493 e. The molecule has 0 aliphatic rings. The molecule has 0 aliphatic carbocycles. The predicted molar refractivity (Wildman–Crippen MR) is 71.5 cm³/mol. The number of halogens is 1. The van der Waals surface area contributed by atoms with Crippen LogP contribution in [0.5, 0.6) is 5.75 Å². The van der Waals surface area contributed by atoms with Crippen molar-refractivity contribution in [1.29, 1.82) is 0 Å². The highest BCUT2D eigenvalue weighted by Crippen LogP contribution is 2.18. The number of hydrogen-bond donors (Lipinski definition) is 0. The summed E-state index contributed by atoms with van der Waals surface area (Å²) in [5.74, 6) is 0.591. The third-order valence-corrected chi connectivity index (χ3v) is 3.62. The molecule has 18 heavy (non-hydrogen) atoms. The Morgan fingerprint density at radius 3 is 2.89 bits per heavy atom. The average molecular weight is 286 g/mol. The van der Waals surface area contributed by atoms with E-state index in [2.05, 4.69) is 4.98 Å². The second-order valence-corrected chi connectivity index (χ2v) is 6.70. The third kappa shape index (κ3) is 3.85. The van der Waals surface area contributed by atoms with Crippen molar-refractivity contribution in [1.82, 2.24) is 4.98 Å². The molecule has 4 nitrogen and oxygen atoms in total. The van der Waals surface area contributed by atoms with Crippen LogP contribution in [0.1, 0.15) is 6.42 Å². The summed E-state index contributed by atoms with van der Waals surface area (Å²) in [7, 11) is 1.67. The summed E-state index contributed by atoms with van der Waals surface area (Å²) in [6.07, 6.45) is 2.08. The highest BCUT2D eigenvalue weighted by molar-refractivity contribution is 8.13. The van der Waals surface area contributed by atoms with Gasteiger partial charge in [0.05, 0.1) is 17.9 Å². The number of benzene rings is 1. The molecule has 2 rings (SSSR count). The monoisotopic (exact) mass is 285 g/mol. The van der Waals surface area contributed by atoms with Crippen LogP contribution in [-0.4, -0.2) is 25.8 Å². The van der Waals surface area contributed by atoms with Crippen LogP contribution in [0.4, 0.5) is 0 Å². The number of hydrogen-bond acceptors (Lipinski definition) is 4. The lowest BCUT2D eigenvalue weighted by Crippen LogP contribution is -2.04. The van der Waals surface area contributed by atoms with Crippen molar-refractivity contribution < 1.29 is 13.2 Å². The van der Waals surface area contributed by atoms with E-state index >= 15 is 0 Å². The van der Waals surface area contributed by atoms with Crippen molar-refractivity contribution >= 4 is 30.6 Å². The van der Waals surface area contributed by atoms with Crippen LogP contribution in [-0.2, 0) is 9.05 Å². The van der Waals surface area contributed by atoms with E-state index in [1.165, 1.54) is 0 Å². The molecule has 1 heterocycles. The summed E-state index contributed by atoms with van der Waals surface area (Å²) in [6, 6.07) is 9.40. The summed E-state index contributed by atoms with van der Waals surface area (Å²) in [5.41, 5.74) is 0.847. The van der Waals surface area contributed by atoms with E-state index in [9.17, 15) is 8.42 Å². The maximum Gasteiger partial charge on any atom is 0.232 e. The van der Waals surface area contributed by atoms with Gasteiger partial charge in [-0.2, -0.15) is 0 Å². The van der Waals surface area contributed by atoms with Gasteiger partial charge >= 0.3 is 0 Å². The minimum absolute atomic E-state index is 0.0829. The van der Waals surface area contributed by atoms with Crippen LogP contribution >= 0.6 is 10.7 Å². The van der Waals surface area contributed by atoms with Gasteiger partial charge in [0.15, 0.2) is 0 Å². The Bertz CT molecular complexity index is 643. The van der Waals surface area contributed by atoms with E-state index in [1.54, 1.807) is 6.20 Å². The number of pyridine rings is 1. The highest BCUT2D eigenvalue weighted by atomic mass is 35.7. The first-order chi connectivity index (χ1) is 8.54. The van der Waals surface area contributed by atoms with Crippen LogP contribution in [0.3, 0.4) is 0 Å². The smallest absolute Gasteiger partial charge is 0.232 e. The van der Waals surface area contributed by atoms with Crippen LogP contribution in [0, 0.1) is 0 Å². The van der Waals surface area contributed by atoms with E-state index < -0.39 is 9.05 Å². The molecule has 0 amide bonds. The number of fused-ring (bicyclic) bond motifs is 1. The van der Waals surface area contributed by atoms with E-state index in [4.69, 9.17) is 15.4 Å². The third-order valence-electron chi connectivity index (χ3n) is 2.38. The Balaban J connectivity index is 1.96. The van der Waals surface area contributed by atoms with E-state index in [-0.39, 0.29) is 5.75 Å². The Hall–Kier alpha value is -1.33. The number of rotatable bonds is 5. The van der Waals surface area contributed by atoms with Crippen LogP contribution in [0.2, 0.25) is 0 Å². The summed E-state index contributed by atoms with van der Waals surface area (Å²) in [5, 5.41) is 1.04. The van der Waals surface area contributed by atoms with Gasteiger partial charge in [-0.3, -0.25) is 4.98 Å². The molecular formula is C12H12ClNO3S. The Kier molecular flexibility index (Phi) is 4.04. The average Bonchev–Trinajstić information content (AvgIpc) is 2.33. The molecule has 0 N–H and O–H groups in total. The first-order valence-corrected chi connectivity index (χ1v) is 7.92. The molecule has 0 unspecified atom stereocenters. The lowest BCUT2D eigenvalue weighted by Gasteiger charge is -2.06. The second-order valence-electron chi connectivity index (χ2n) is 3.80. The van der Waals surface area contributed by atoms with E-state index in [0.29, 0.717) is 18.8 Å². The Morgan fingerprint density at radius 1 is 1.28 bits per heavy atom. The fraction of sp³-hybridized carbons (Fsp3) is 0.250. The molecule has 96 valence electrons. The standard InChI is InChI=1S/C12H12ClNO3S/c13-18(15,16)8-2-7-17-11-5-4-10-3-1-6-14-12(10)9-11/h1,3-6,9H,2,7-8H2. The molecule has 0 fully saturated rings. The van der Waals surface area contributed by atoms with E-state index in [0.717, 1.165) is 10.9 Å². The lowest BCUT2D eigenvalue weighted by atomic mass is 10.2. The van der Waals surface area contributed by atoms with Crippen molar-refractivity contribution in [3.63, 3.8) is 0 Å². The molecule has 6 heteroatoms. The SMILES string of the molecule is O=S(=O)(Cl)CCCOc1ccc2cccnc2c1. The quantitative estimate of drug-likeness (QED) is 0.626. The van der Waals surface area contributed by atoms with Gasteiger partial charge in [-0.25, -0.2) is 8.42 Å². The predicted octanol–water partition coefficient (Wildman–Crippen LogP) is 2.57. The first-order valence-electron chi connectivity index (χ1n) is 5.44. The fourth-order valence-corrected chi connectivity index (χ4v) is 2.35. The van der Waals surface area contributed by atoms with Gasteiger partial charge in [-0.1, -0.05) is 6.07 Å². The van der Waals surface area contributed by atoms with Gasteiger partial charge in [0.25, 0.3) is 0 Å². The van der Waals surface area contributed by atoms with Crippen molar-refractivity contribution in [2.24, 2.45) is 0 Å². The summed E-state index contributed by atoms with van der Waals surface area (Å²) >= 11 is 0. The summed E-state index contributed by atoms with van der Waals surface area (Å²) < 4.78 is 26.9. The molecule has 0 saturated carbocycles. The first kappa shape index (κ1) is 13.1. The number of aromatic nitrogens is 1. The zero-order valence-electron chi connectivity index (χ0n) is 9.54. The van der Waals surface area contributed by atoms with Gasteiger partial charge in [0.2, 0.25) is 9.05 Å². The van der Waals surface area contributed by atoms with Gasteiger partial charge in [-0.15, -0.1) is 0 Å². The molecule has 0 bridgehead atoms.